The number of unbranched alkanes of at least 4 members (excludes halogenated alkanes) is 2. The third-order valence-electron chi connectivity index (χ3n) is 3.66. The van der Waals surface area contributed by atoms with Crippen molar-refractivity contribution in [3.63, 3.8) is 0 Å². The number of rotatable bonds is 9. The molecule has 0 unspecified atom stereocenters. The highest BCUT2D eigenvalue weighted by Gasteiger charge is 2.18. The van der Waals surface area contributed by atoms with Crippen LogP contribution in [-0.4, -0.2) is 34.8 Å². The first-order valence-electron chi connectivity index (χ1n) is 8.50. The van der Waals surface area contributed by atoms with Gasteiger partial charge < -0.3 is 9.15 Å². The van der Waals surface area contributed by atoms with Gasteiger partial charge in [-0.3, -0.25) is 0 Å². The molecular weight excluding hydrogens is 324 g/mol. The molecule has 6 heteroatoms. The maximum Gasteiger partial charge on any atom is 0.426 e. The van der Waals surface area contributed by atoms with Crippen molar-refractivity contribution in [2.45, 2.75) is 39.5 Å². The van der Waals surface area contributed by atoms with Gasteiger partial charge in [-0.15, -0.1) is 0 Å². The van der Waals surface area contributed by atoms with Gasteiger partial charge in [0.2, 0.25) is 0 Å². The van der Waals surface area contributed by atoms with Gasteiger partial charge >= 0.3 is 6.09 Å². The highest BCUT2D eigenvalue weighted by molar-refractivity contribution is 7.95. The summed E-state index contributed by atoms with van der Waals surface area (Å²) in [5, 5.41) is 0.920. The Balaban J connectivity index is 1.96. The number of carbonyl (C=O) groups is 1. The lowest BCUT2D eigenvalue weighted by atomic mass is 10.2. The summed E-state index contributed by atoms with van der Waals surface area (Å²) in [5.41, 5.74) is 0.595. The summed E-state index contributed by atoms with van der Waals surface area (Å²) < 4.78 is 14.7. The van der Waals surface area contributed by atoms with Gasteiger partial charge in [0.05, 0.1) is 6.26 Å². The minimum Gasteiger partial charge on any atom is -0.460 e. The van der Waals surface area contributed by atoms with Gasteiger partial charge in [0.15, 0.2) is 11.3 Å². The first-order valence-corrected chi connectivity index (χ1v) is 9.23. The third kappa shape index (κ3) is 5.18. The van der Waals surface area contributed by atoms with Crippen LogP contribution in [0.4, 0.5) is 4.79 Å². The van der Waals surface area contributed by atoms with Crippen molar-refractivity contribution < 1.29 is 13.9 Å². The number of hydrogen-bond acceptors (Lipinski definition) is 5. The van der Waals surface area contributed by atoms with E-state index in [1.165, 1.54) is 16.4 Å². The van der Waals surface area contributed by atoms with Crippen LogP contribution in [0.1, 0.15) is 39.5 Å². The largest absolute Gasteiger partial charge is 0.460 e. The smallest absolute Gasteiger partial charge is 0.426 e. The molecule has 2 rings (SSSR count). The van der Waals surface area contributed by atoms with Crippen molar-refractivity contribution in [2.24, 2.45) is 0 Å². The van der Waals surface area contributed by atoms with Crippen molar-refractivity contribution in [1.29, 1.82) is 0 Å². The van der Waals surface area contributed by atoms with Crippen LogP contribution in [0, 0.1) is 0 Å². The topological polar surface area (TPSA) is 45.9 Å². The molecule has 0 aliphatic heterocycles. The Morgan fingerprint density at radius 3 is 2.54 bits per heavy atom. The maximum absolute atomic E-state index is 12.4. The van der Waals surface area contributed by atoms with Crippen molar-refractivity contribution in [1.82, 2.24) is 8.61 Å². The van der Waals surface area contributed by atoms with Crippen LogP contribution in [0.15, 0.2) is 34.9 Å². The molecule has 1 amide bonds. The Bertz CT molecular complexity index is 636. The van der Waals surface area contributed by atoms with E-state index in [2.05, 4.69) is 18.2 Å². The second-order valence-corrected chi connectivity index (χ2v) is 6.91. The monoisotopic (exact) mass is 350 g/mol. The number of fused-ring (bicyclic) bond motifs is 1. The van der Waals surface area contributed by atoms with Crippen LogP contribution < -0.4 is 4.74 Å². The van der Waals surface area contributed by atoms with Gasteiger partial charge in [-0.05, 0) is 25.0 Å². The number of ether oxygens (including phenoxy) is 1. The molecule has 0 bridgehead atoms. The van der Waals surface area contributed by atoms with Gasteiger partial charge in [0, 0.05) is 37.7 Å². The van der Waals surface area contributed by atoms with E-state index in [0.717, 1.165) is 44.2 Å². The second-order valence-electron chi connectivity index (χ2n) is 5.68. The lowest BCUT2D eigenvalue weighted by Gasteiger charge is -2.25. The van der Waals surface area contributed by atoms with Crippen LogP contribution in [0.3, 0.4) is 0 Å². The average Bonchev–Trinajstić information content (AvgIpc) is 3.06. The molecule has 24 heavy (non-hydrogen) atoms. The van der Waals surface area contributed by atoms with Crippen molar-refractivity contribution in [2.75, 3.05) is 20.1 Å². The van der Waals surface area contributed by atoms with E-state index in [1.54, 1.807) is 19.4 Å². The number of amides is 1. The zero-order valence-corrected chi connectivity index (χ0v) is 15.5. The van der Waals surface area contributed by atoms with Crippen LogP contribution >= 0.6 is 12.1 Å². The molecule has 0 radical (unpaired) electrons. The Hall–Kier alpha value is -1.66. The van der Waals surface area contributed by atoms with Crippen LogP contribution in [-0.2, 0) is 0 Å². The zero-order valence-electron chi connectivity index (χ0n) is 14.7. The Morgan fingerprint density at radius 1 is 1.17 bits per heavy atom. The van der Waals surface area contributed by atoms with Gasteiger partial charge in [0.25, 0.3) is 0 Å². The Kier molecular flexibility index (Phi) is 7.46. The van der Waals surface area contributed by atoms with E-state index >= 15 is 0 Å². The number of para-hydroxylation sites is 1. The second kappa shape index (κ2) is 9.59. The standard InChI is InChI=1S/C18H26N2O3S/c1-4-6-12-20(13-7-5-2)24-19(3)18(21)23-16-10-8-9-15-11-14-22-17(15)16/h8-11,14H,4-7,12-13H2,1-3H3. The SMILES string of the molecule is CCCCN(CCCC)SN(C)C(=O)Oc1cccc2ccoc12. The highest BCUT2D eigenvalue weighted by atomic mass is 32.2. The number of carbonyl (C=O) groups excluding carboxylic acids is 1. The third-order valence-corrected chi connectivity index (χ3v) is 4.65. The molecule has 1 heterocycles. The summed E-state index contributed by atoms with van der Waals surface area (Å²) >= 11 is 1.42. The van der Waals surface area contributed by atoms with Gasteiger partial charge in [-0.1, -0.05) is 38.8 Å². The van der Waals surface area contributed by atoms with Crippen molar-refractivity contribution in [3.05, 3.63) is 30.5 Å². The summed E-state index contributed by atoms with van der Waals surface area (Å²) in [7, 11) is 1.74. The van der Waals surface area contributed by atoms with Crippen molar-refractivity contribution in [3.8, 4) is 5.75 Å². The molecule has 1 aromatic carbocycles. The maximum atomic E-state index is 12.4. The minimum absolute atomic E-state index is 0.401. The molecule has 0 saturated heterocycles. The number of benzene rings is 1. The van der Waals surface area contributed by atoms with Gasteiger partial charge in [-0.25, -0.2) is 13.4 Å². The molecule has 0 saturated carbocycles. The van der Waals surface area contributed by atoms with Gasteiger partial charge in [-0.2, -0.15) is 0 Å². The fraction of sp³-hybridized carbons (Fsp3) is 0.500. The lowest BCUT2D eigenvalue weighted by molar-refractivity contribution is 0.186. The van der Waals surface area contributed by atoms with E-state index in [9.17, 15) is 4.79 Å². The molecule has 0 fully saturated rings. The highest BCUT2D eigenvalue weighted by Crippen LogP contribution is 2.27. The predicted molar refractivity (Wildman–Crippen MR) is 99.0 cm³/mol. The number of nitrogens with zero attached hydrogens (tertiary/aromatic N) is 2. The Labute approximate surface area is 148 Å². The predicted octanol–water partition coefficient (Wildman–Crippen LogP) is 5.33. The molecule has 5 nitrogen and oxygen atoms in total. The summed E-state index contributed by atoms with van der Waals surface area (Å²) in [6.07, 6.45) is 5.70. The van der Waals surface area contributed by atoms with Crippen LogP contribution in [0.25, 0.3) is 11.0 Å². The molecule has 0 N–H and O–H groups in total. The van der Waals surface area contributed by atoms with E-state index < -0.39 is 6.09 Å². The molecule has 0 atom stereocenters. The first kappa shape index (κ1) is 18.7. The lowest BCUT2D eigenvalue weighted by Crippen LogP contribution is -2.30. The molecule has 0 aliphatic rings. The summed E-state index contributed by atoms with van der Waals surface area (Å²) in [4.78, 5) is 12.4. The van der Waals surface area contributed by atoms with Crippen LogP contribution in [0.5, 0.6) is 5.75 Å². The molecule has 0 spiro atoms. The fourth-order valence-corrected chi connectivity index (χ4v) is 3.15. The van der Waals surface area contributed by atoms with E-state index in [0.29, 0.717) is 11.3 Å². The zero-order chi connectivity index (χ0) is 17.4. The minimum atomic E-state index is -0.401. The normalized spacial score (nSPS) is 11.2. The molecule has 2 aromatic rings. The summed E-state index contributed by atoms with van der Waals surface area (Å²) in [6, 6.07) is 7.37. The number of hydrogen-bond donors (Lipinski definition) is 0. The summed E-state index contributed by atoms with van der Waals surface area (Å²) in [6.45, 7) is 6.27. The first-order chi connectivity index (χ1) is 11.7. The number of furan rings is 1. The Morgan fingerprint density at radius 2 is 1.88 bits per heavy atom. The van der Waals surface area contributed by atoms with E-state index in [1.807, 2.05) is 18.2 Å². The van der Waals surface area contributed by atoms with Crippen molar-refractivity contribution >= 4 is 29.2 Å². The van der Waals surface area contributed by atoms with E-state index in [4.69, 9.17) is 9.15 Å². The molecule has 132 valence electrons. The van der Waals surface area contributed by atoms with Crippen LogP contribution in [0.2, 0.25) is 0 Å². The van der Waals surface area contributed by atoms with E-state index in [-0.39, 0.29) is 0 Å². The molecular formula is C18H26N2O3S. The molecule has 0 aliphatic carbocycles. The van der Waals surface area contributed by atoms with Gasteiger partial charge in [0.1, 0.15) is 0 Å². The quantitative estimate of drug-likeness (QED) is 0.572. The fourth-order valence-electron chi connectivity index (χ4n) is 2.27. The summed E-state index contributed by atoms with van der Waals surface area (Å²) in [5.74, 6) is 0.448. The molecule has 1 aromatic heterocycles. The average molecular weight is 350 g/mol.